The number of aryl methyl sites for hydroxylation is 1. The lowest BCUT2D eigenvalue weighted by atomic mass is 10.5. The molecular weight excluding hydrogens is 268 g/mol. The summed E-state index contributed by atoms with van der Waals surface area (Å²) < 4.78 is 32.7. The van der Waals surface area contributed by atoms with Gasteiger partial charge in [0.25, 0.3) is 10.0 Å². The highest BCUT2D eigenvalue weighted by atomic mass is 32.2. The standard InChI is InChI=1S/C11H20N4O3S/c1-14-8-13-10(12)11(14)19(16,17)15(2)5-6-18-7-9-3-4-9/h8-9H,3-7,12H2,1-2H3. The van der Waals surface area contributed by atoms with E-state index in [1.165, 1.54) is 35.1 Å². The van der Waals surface area contributed by atoms with Crippen molar-refractivity contribution in [1.82, 2.24) is 13.9 Å². The van der Waals surface area contributed by atoms with E-state index in [1.54, 1.807) is 7.05 Å². The average Bonchev–Trinajstić information content (AvgIpc) is 3.10. The maximum atomic E-state index is 12.3. The number of rotatable bonds is 7. The molecule has 1 aliphatic rings. The first-order valence-corrected chi connectivity index (χ1v) is 7.68. The van der Waals surface area contributed by atoms with Gasteiger partial charge in [-0.05, 0) is 18.8 Å². The lowest BCUT2D eigenvalue weighted by Crippen LogP contribution is -2.32. The van der Waals surface area contributed by atoms with Gasteiger partial charge in [0.15, 0.2) is 10.8 Å². The zero-order chi connectivity index (χ0) is 14.0. The van der Waals surface area contributed by atoms with Crippen molar-refractivity contribution < 1.29 is 13.2 Å². The van der Waals surface area contributed by atoms with Crippen LogP contribution < -0.4 is 5.73 Å². The number of aromatic nitrogens is 2. The van der Waals surface area contributed by atoms with Crippen LogP contribution in [0.1, 0.15) is 12.8 Å². The molecule has 0 aliphatic heterocycles. The number of ether oxygens (including phenoxy) is 1. The van der Waals surface area contributed by atoms with Crippen molar-refractivity contribution in [3.05, 3.63) is 6.33 Å². The molecule has 7 nitrogen and oxygen atoms in total. The summed E-state index contributed by atoms with van der Waals surface area (Å²) in [6, 6.07) is 0. The molecule has 0 spiro atoms. The number of nitrogens with zero attached hydrogens (tertiary/aromatic N) is 3. The highest BCUT2D eigenvalue weighted by Gasteiger charge is 2.27. The molecule has 8 heteroatoms. The Kier molecular flexibility index (Phi) is 4.12. The summed E-state index contributed by atoms with van der Waals surface area (Å²) in [6.07, 6.45) is 3.83. The molecule has 0 unspecified atom stereocenters. The minimum Gasteiger partial charge on any atom is -0.381 e. The molecule has 1 fully saturated rings. The van der Waals surface area contributed by atoms with Gasteiger partial charge in [0.05, 0.1) is 12.9 Å². The number of hydrogen-bond acceptors (Lipinski definition) is 5. The third kappa shape index (κ3) is 3.26. The van der Waals surface area contributed by atoms with Crippen LogP contribution in [0.3, 0.4) is 0 Å². The third-order valence-corrected chi connectivity index (χ3v) is 5.15. The Morgan fingerprint density at radius 3 is 2.79 bits per heavy atom. The molecule has 0 radical (unpaired) electrons. The van der Waals surface area contributed by atoms with Gasteiger partial charge in [0.1, 0.15) is 0 Å². The summed E-state index contributed by atoms with van der Waals surface area (Å²) in [5.74, 6) is 0.697. The minimum atomic E-state index is -3.61. The molecule has 1 saturated carbocycles. The van der Waals surface area contributed by atoms with Gasteiger partial charge in [-0.25, -0.2) is 13.4 Å². The minimum absolute atomic E-state index is 0.0215. The number of likely N-dealkylation sites (N-methyl/N-ethyl adjacent to an activating group) is 1. The van der Waals surface area contributed by atoms with Crippen molar-refractivity contribution in [2.45, 2.75) is 17.9 Å². The first kappa shape index (κ1) is 14.3. The summed E-state index contributed by atoms with van der Waals surface area (Å²) in [5.41, 5.74) is 5.60. The van der Waals surface area contributed by atoms with Crippen LogP contribution in [0.5, 0.6) is 0 Å². The van der Waals surface area contributed by atoms with Crippen LogP contribution in [0.2, 0.25) is 0 Å². The Bertz CT molecular complexity index is 517. The lowest BCUT2D eigenvalue weighted by Gasteiger charge is -2.17. The highest BCUT2D eigenvalue weighted by Crippen LogP contribution is 2.28. The maximum Gasteiger partial charge on any atom is 0.262 e. The Labute approximate surface area is 113 Å². The summed E-state index contributed by atoms with van der Waals surface area (Å²) in [7, 11) is -0.492. The molecule has 0 saturated heterocycles. The molecule has 2 N–H and O–H groups in total. The van der Waals surface area contributed by atoms with E-state index in [0.717, 1.165) is 6.61 Å². The Morgan fingerprint density at radius 2 is 2.26 bits per heavy atom. The van der Waals surface area contributed by atoms with Gasteiger partial charge in [-0.15, -0.1) is 0 Å². The highest BCUT2D eigenvalue weighted by molar-refractivity contribution is 7.89. The summed E-state index contributed by atoms with van der Waals surface area (Å²) in [5, 5.41) is 0.0252. The Balaban J connectivity index is 1.94. The van der Waals surface area contributed by atoms with Gasteiger partial charge in [0, 0.05) is 27.2 Å². The molecule has 0 amide bonds. The first-order chi connectivity index (χ1) is 8.93. The number of nitrogens with two attached hydrogens (primary N) is 1. The predicted molar refractivity (Wildman–Crippen MR) is 71.0 cm³/mol. The molecule has 0 aromatic carbocycles. The van der Waals surface area contributed by atoms with Gasteiger partial charge in [-0.3, -0.25) is 0 Å². The smallest absolute Gasteiger partial charge is 0.262 e. The van der Waals surface area contributed by atoms with Crippen LogP contribution in [0, 0.1) is 5.92 Å². The van der Waals surface area contributed by atoms with E-state index in [-0.39, 0.29) is 10.8 Å². The molecular formula is C11H20N4O3S. The van der Waals surface area contributed by atoms with Gasteiger partial charge in [-0.1, -0.05) is 0 Å². The second kappa shape index (κ2) is 5.48. The predicted octanol–water partition coefficient (Wildman–Crippen LogP) is 0.0494. The molecule has 0 bridgehead atoms. The van der Waals surface area contributed by atoms with Crippen molar-refractivity contribution in [1.29, 1.82) is 0 Å². The molecule has 19 heavy (non-hydrogen) atoms. The molecule has 1 aliphatic carbocycles. The van der Waals surface area contributed by atoms with E-state index in [9.17, 15) is 8.42 Å². The monoisotopic (exact) mass is 288 g/mol. The van der Waals surface area contributed by atoms with Crippen LogP contribution in [0.25, 0.3) is 0 Å². The number of anilines is 1. The van der Waals surface area contributed by atoms with Crippen molar-refractivity contribution >= 4 is 15.8 Å². The SMILES string of the molecule is CN(CCOCC1CC1)S(=O)(=O)c1c(N)ncn1C. The van der Waals surface area contributed by atoms with E-state index < -0.39 is 10.0 Å². The number of nitrogen functional groups attached to an aromatic ring is 1. The summed E-state index contributed by atoms with van der Waals surface area (Å²) in [4.78, 5) is 3.80. The van der Waals surface area contributed by atoms with Crippen molar-refractivity contribution in [2.24, 2.45) is 13.0 Å². The van der Waals surface area contributed by atoms with Gasteiger partial charge in [0.2, 0.25) is 0 Å². The fraction of sp³-hybridized carbons (Fsp3) is 0.727. The van der Waals surface area contributed by atoms with Gasteiger partial charge in [-0.2, -0.15) is 4.31 Å². The molecule has 1 aromatic heterocycles. The quantitative estimate of drug-likeness (QED) is 0.716. The fourth-order valence-corrected chi connectivity index (χ4v) is 3.08. The van der Waals surface area contributed by atoms with Crippen LogP contribution in [0.4, 0.5) is 5.82 Å². The number of imidazole rings is 1. The maximum absolute atomic E-state index is 12.3. The van der Waals surface area contributed by atoms with E-state index in [0.29, 0.717) is 19.1 Å². The van der Waals surface area contributed by atoms with Gasteiger partial charge < -0.3 is 15.0 Å². The fourth-order valence-electron chi connectivity index (χ4n) is 1.75. The topological polar surface area (TPSA) is 90.4 Å². The number of hydrogen-bond donors (Lipinski definition) is 1. The van der Waals surface area contributed by atoms with Crippen molar-refractivity contribution in [2.75, 3.05) is 32.5 Å². The number of sulfonamides is 1. The zero-order valence-electron chi connectivity index (χ0n) is 11.2. The molecule has 1 heterocycles. The summed E-state index contributed by atoms with van der Waals surface area (Å²) >= 11 is 0. The van der Waals surface area contributed by atoms with Crippen LogP contribution in [-0.4, -0.2) is 49.1 Å². The Morgan fingerprint density at radius 1 is 1.58 bits per heavy atom. The third-order valence-electron chi connectivity index (χ3n) is 3.17. The van der Waals surface area contributed by atoms with E-state index in [1.807, 2.05) is 0 Å². The van der Waals surface area contributed by atoms with Crippen LogP contribution in [0.15, 0.2) is 11.4 Å². The lowest BCUT2D eigenvalue weighted by molar-refractivity contribution is 0.117. The molecule has 0 atom stereocenters. The molecule has 2 rings (SSSR count). The normalized spacial score (nSPS) is 16.2. The molecule has 1 aromatic rings. The largest absolute Gasteiger partial charge is 0.381 e. The van der Waals surface area contributed by atoms with E-state index in [4.69, 9.17) is 10.5 Å². The average molecular weight is 288 g/mol. The summed E-state index contributed by atoms with van der Waals surface area (Å²) in [6.45, 7) is 1.42. The second-order valence-electron chi connectivity index (χ2n) is 4.89. The Hall–Kier alpha value is -1.12. The molecule has 108 valence electrons. The van der Waals surface area contributed by atoms with E-state index >= 15 is 0 Å². The second-order valence-corrected chi connectivity index (χ2v) is 6.85. The van der Waals surface area contributed by atoms with Crippen LogP contribution >= 0.6 is 0 Å². The first-order valence-electron chi connectivity index (χ1n) is 6.24. The van der Waals surface area contributed by atoms with Crippen LogP contribution in [-0.2, 0) is 21.8 Å². The zero-order valence-corrected chi connectivity index (χ0v) is 12.1. The van der Waals surface area contributed by atoms with Crippen molar-refractivity contribution in [3.8, 4) is 0 Å². The van der Waals surface area contributed by atoms with E-state index in [2.05, 4.69) is 4.98 Å². The van der Waals surface area contributed by atoms with Crippen molar-refractivity contribution in [3.63, 3.8) is 0 Å². The van der Waals surface area contributed by atoms with Gasteiger partial charge >= 0.3 is 0 Å².